The third-order valence-electron chi connectivity index (χ3n) is 2.37. The van der Waals surface area contributed by atoms with Gasteiger partial charge in [-0.1, -0.05) is 6.07 Å². The maximum atomic E-state index is 8.85. The zero-order valence-corrected chi connectivity index (χ0v) is 9.62. The summed E-state index contributed by atoms with van der Waals surface area (Å²) in [5.41, 5.74) is 1.26. The summed E-state index contributed by atoms with van der Waals surface area (Å²) in [7, 11) is 0. The first kappa shape index (κ1) is 12.1. The Morgan fingerprint density at radius 2 is 2.06 bits per heavy atom. The van der Waals surface area contributed by atoms with Crippen LogP contribution in [0.2, 0.25) is 0 Å². The topological polar surface area (TPSA) is 59.6 Å². The monoisotopic (exact) mass is 213 g/mol. The van der Waals surface area contributed by atoms with E-state index in [1.54, 1.807) is 12.1 Å². The van der Waals surface area contributed by atoms with E-state index in [-0.39, 0.29) is 5.41 Å². The molecule has 0 radical (unpaired) electrons. The lowest BCUT2D eigenvalue weighted by Crippen LogP contribution is -2.14. The Morgan fingerprint density at radius 3 is 2.69 bits per heavy atom. The first-order valence-electron chi connectivity index (χ1n) is 5.23. The molecule has 0 atom stereocenters. The first-order chi connectivity index (χ1) is 7.57. The molecule has 1 rings (SSSR count). The fourth-order valence-corrected chi connectivity index (χ4v) is 1.27. The molecule has 1 aromatic carbocycles. The maximum Gasteiger partial charge on any atom is 0.0992 e. The summed E-state index contributed by atoms with van der Waals surface area (Å²) in [6.07, 6.45) is 0.778. The van der Waals surface area contributed by atoms with Crippen LogP contribution in [0.1, 0.15) is 25.8 Å². The lowest BCUT2D eigenvalue weighted by Gasteiger charge is -2.15. The molecule has 0 spiro atoms. The van der Waals surface area contributed by atoms with Gasteiger partial charge in [0, 0.05) is 12.2 Å². The van der Waals surface area contributed by atoms with Crippen molar-refractivity contribution in [2.24, 2.45) is 5.41 Å². The van der Waals surface area contributed by atoms with Gasteiger partial charge in [0.05, 0.1) is 23.1 Å². The van der Waals surface area contributed by atoms with E-state index in [1.165, 1.54) is 0 Å². The third kappa shape index (κ3) is 3.63. The fourth-order valence-electron chi connectivity index (χ4n) is 1.27. The normalized spacial score (nSPS) is 10.2. The van der Waals surface area contributed by atoms with Crippen LogP contribution in [0.3, 0.4) is 0 Å². The second-order valence-electron chi connectivity index (χ2n) is 4.37. The second kappa shape index (κ2) is 5.19. The number of anilines is 1. The number of nitrogens with zero attached hydrogens (tertiary/aromatic N) is 2. The van der Waals surface area contributed by atoms with Gasteiger partial charge in [-0.15, -0.1) is 0 Å². The van der Waals surface area contributed by atoms with Crippen molar-refractivity contribution in [3.05, 3.63) is 29.8 Å². The molecule has 0 saturated carbocycles. The van der Waals surface area contributed by atoms with Gasteiger partial charge in [-0.05, 0) is 38.5 Å². The van der Waals surface area contributed by atoms with Crippen LogP contribution >= 0.6 is 0 Å². The van der Waals surface area contributed by atoms with E-state index in [4.69, 9.17) is 10.5 Å². The zero-order chi connectivity index (χ0) is 12.0. The molecule has 0 fully saturated rings. The molecule has 0 aliphatic heterocycles. The lowest BCUT2D eigenvalue weighted by atomic mass is 9.91. The van der Waals surface area contributed by atoms with E-state index in [9.17, 15) is 0 Å². The molecule has 0 bridgehead atoms. The average Bonchev–Trinajstić information content (AvgIpc) is 2.29. The Balaban J connectivity index is 2.50. The van der Waals surface area contributed by atoms with Gasteiger partial charge in [0.1, 0.15) is 0 Å². The number of nitriles is 2. The standard InChI is InChI=1S/C13H15N3/c1-13(2,10-15)6-7-16-12-5-3-4-11(8-12)9-14/h3-5,8,16H,6-7H2,1-2H3. The third-order valence-corrected chi connectivity index (χ3v) is 2.37. The highest BCUT2D eigenvalue weighted by Crippen LogP contribution is 2.18. The van der Waals surface area contributed by atoms with Gasteiger partial charge in [0.25, 0.3) is 0 Å². The number of hydrogen-bond acceptors (Lipinski definition) is 3. The SMILES string of the molecule is CC(C)(C#N)CCNc1cccc(C#N)c1. The predicted octanol–water partition coefficient (Wildman–Crippen LogP) is 2.91. The number of hydrogen-bond donors (Lipinski definition) is 1. The maximum absolute atomic E-state index is 8.85. The van der Waals surface area contributed by atoms with Crippen molar-refractivity contribution in [3.8, 4) is 12.1 Å². The molecule has 0 aromatic heterocycles. The molecule has 0 unspecified atom stereocenters. The van der Waals surface area contributed by atoms with Crippen LogP contribution in [-0.2, 0) is 0 Å². The molecule has 16 heavy (non-hydrogen) atoms. The molecule has 82 valence electrons. The van der Waals surface area contributed by atoms with E-state index >= 15 is 0 Å². The minimum atomic E-state index is -0.306. The molecule has 1 aromatic rings. The van der Waals surface area contributed by atoms with Crippen LogP contribution in [0.5, 0.6) is 0 Å². The summed E-state index contributed by atoms with van der Waals surface area (Å²) < 4.78 is 0. The van der Waals surface area contributed by atoms with Crippen LogP contribution in [0.15, 0.2) is 24.3 Å². The molecular formula is C13H15N3. The van der Waals surface area contributed by atoms with Crippen LogP contribution < -0.4 is 5.32 Å². The largest absolute Gasteiger partial charge is 0.385 e. The van der Waals surface area contributed by atoms with Crippen LogP contribution in [0, 0.1) is 28.1 Å². The van der Waals surface area contributed by atoms with Gasteiger partial charge in [-0.3, -0.25) is 0 Å². The minimum absolute atomic E-state index is 0.306. The molecule has 0 aliphatic rings. The van der Waals surface area contributed by atoms with Crippen molar-refractivity contribution in [2.75, 3.05) is 11.9 Å². The molecule has 3 heteroatoms. The Labute approximate surface area is 96.3 Å². The van der Waals surface area contributed by atoms with Crippen molar-refractivity contribution in [2.45, 2.75) is 20.3 Å². The van der Waals surface area contributed by atoms with Crippen molar-refractivity contribution >= 4 is 5.69 Å². The van der Waals surface area contributed by atoms with Gasteiger partial charge in [-0.25, -0.2) is 0 Å². The Hall–Kier alpha value is -2.00. The zero-order valence-electron chi connectivity index (χ0n) is 9.62. The molecule has 0 saturated heterocycles. The predicted molar refractivity (Wildman–Crippen MR) is 63.7 cm³/mol. The van der Waals surface area contributed by atoms with Crippen molar-refractivity contribution in [1.82, 2.24) is 0 Å². The van der Waals surface area contributed by atoms with E-state index in [1.807, 2.05) is 26.0 Å². The lowest BCUT2D eigenvalue weighted by molar-refractivity contribution is 0.466. The van der Waals surface area contributed by atoms with Crippen LogP contribution in [0.25, 0.3) is 0 Å². The van der Waals surface area contributed by atoms with E-state index < -0.39 is 0 Å². The molecular weight excluding hydrogens is 198 g/mol. The summed E-state index contributed by atoms with van der Waals surface area (Å²) in [5.74, 6) is 0. The van der Waals surface area contributed by atoms with Crippen molar-refractivity contribution < 1.29 is 0 Å². The minimum Gasteiger partial charge on any atom is -0.385 e. The van der Waals surface area contributed by atoms with E-state index in [0.717, 1.165) is 18.7 Å². The summed E-state index contributed by atoms with van der Waals surface area (Å²) in [5, 5.41) is 20.8. The van der Waals surface area contributed by atoms with E-state index in [0.29, 0.717) is 5.56 Å². The number of nitrogens with one attached hydrogen (secondary N) is 1. The average molecular weight is 213 g/mol. The smallest absolute Gasteiger partial charge is 0.0992 e. The van der Waals surface area contributed by atoms with Gasteiger partial charge in [0.15, 0.2) is 0 Å². The fraction of sp³-hybridized carbons (Fsp3) is 0.385. The highest BCUT2D eigenvalue weighted by molar-refractivity contribution is 5.49. The van der Waals surface area contributed by atoms with Gasteiger partial charge >= 0.3 is 0 Å². The van der Waals surface area contributed by atoms with Gasteiger partial charge < -0.3 is 5.32 Å². The number of rotatable bonds is 4. The highest BCUT2D eigenvalue weighted by atomic mass is 14.9. The Morgan fingerprint density at radius 1 is 1.31 bits per heavy atom. The van der Waals surface area contributed by atoms with E-state index in [2.05, 4.69) is 17.5 Å². The Kier molecular flexibility index (Phi) is 3.91. The van der Waals surface area contributed by atoms with Crippen LogP contribution in [0.4, 0.5) is 5.69 Å². The summed E-state index contributed by atoms with van der Waals surface area (Å²) in [6.45, 7) is 4.57. The molecule has 0 aliphatic carbocycles. The summed E-state index contributed by atoms with van der Waals surface area (Å²) >= 11 is 0. The highest BCUT2D eigenvalue weighted by Gasteiger charge is 2.15. The number of benzene rings is 1. The second-order valence-corrected chi connectivity index (χ2v) is 4.37. The molecule has 1 N–H and O–H groups in total. The molecule has 3 nitrogen and oxygen atoms in total. The first-order valence-corrected chi connectivity index (χ1v) is 5.23. The molecule has 0 amide bonds. The van der Waals surface area contributed by atoms with Crippen molar-refractivity contribution in [1.29, 1.82) is 10.5 Å². The van der Waals surface area contributed by atoms with Gasteiger partial charge in [0.2, 0.25) is 0 Å². The summed E-state index contributed by atoms with van der Waals surface area (Å²) in [4.78, 5) is 0. The van der Waals surface area contributed by atoms with Gasteiger partial charge in [-0.2, -0.15) is 10.5 Å². The van der Waals surface area contributed by atoms with Crippen LogP contribution in [-0.4, -0.2) is 6.54 Å². The van der Waals surface area contributed by atoms with Crippen molar-refractivity contribution in [3.63, 3.8) is 0 Å². The summed E-state index contributed by atoms with van der Waals surface area (Å²) in [6, 6.07) is 11.7. The molecule has 0 heterocycles. The Bertz CT molecular complexity index is 435. The quantitative estimate of drug-likeness (QED) is 0.836.